The number of amidine groups is 1. The monoisotopic (exact) mass is 313 g/mol. The molecule has 1 aliphatic rings. The van der Waals surface area contributed by atoms with Gasteiger partial charge >= 0.3 is 0 Å². The second-order valence-electron chi connectivity index (χ2n) is 3.95. The number of hydrogen-bond donors (Lipinski definition) is 1. The first-order chi connectivity index (χ1) is 9.04. The molecule has 2 aromatic heterocycles. The van der Waals surface area contributed by atoms with E-state index in [1.807, 2.05) is 6.07 Å². The van der Waals surface area contributed by atoms with Gasteiger partial charge in [-0.1, -0.05) is 23.4 Å². The minimum absolute atomic E-state index is 0.129. The van der Waals surface area contributed by atoms with Gasteiger partial charge in [-0.25, -0.2) is 0 Å². The standard InChI is InChI=1S/C11H8ClN3O2S2/c1-15-5-3-8(12)19-7(5)2-6(15)10(17)14-11-13-9(16)4-18-11/h2-3H,4H2,1H3,(H,13,14,16,17). The number of carbonyl (C=O) groups is 2. The van der Waals surface area contributed by atoms with E-state index >= 15 is 0 Å². The Morgan fingerprint density at radius 1 is 1.53 bits per heavy atom. The zero-order valence-corrected chi connectivity index (χ0v) is 12.2. The van der Waals surface area contributed by atoms with Crippen molar-refractivity contribution in [2.24, 2.45) is 12.0 Å². The molecule has 0 radical (unpaired) electrons. The van der Waals surface area contributed by atoms with Gasteiger partial charge in [0.2, 0.25) is 5.91 Å². The minimum atomic E-state index is -0.369. The first-order valence-electron chi connectivity index (χ1n) is 5.35. The number of hydrogen-bond acceptors (Lipinski definition) is 4. The van der Waals surface area contributed by atoms with Crippen LogP contribution in [0.25, 0.3) is 10.2 Å². The van der Waals surface area contributed by atoms with Gasteiger partial charge < -0.3 is 9.88 Å². The van der Waals surface area contributed by atoms with E-state index in [4.69, 9.17) is 11.6 Å². The smallest absolute Gasteiger partial charge is 0.296 e. The number of halogens is 1. The number of nitrogens with one attached hydrogen (secondary N) is 1. The van der Waals surface area contributed by atoms with E-state index in [1.54, 1.807) is 17.7 Å². The molecule has 3 rings (SSSR count). The molecule has 5 nitrogen and oxygen atoms in total. The third kappa shape index (κ3) is 2.29. The fraction of sp³-hybridized carbons (Fsp3) is 0.182. The van der Waals surface area contributed by atoms with Gasteiger partial charge in [-0.15, -0.1) is 11.3 Å². The summed E-state index contributed by atoms with van der Waals surface area (Å²) >= 11 is 8.57. The van der Waals surface area contributed by atoms with Gasteiger partial charge in [-0.2, -0.15) is 4.99 Å². The van der Waals surface area contributed by atoms with E-state index in [1.165, 1.54) is 23.1 Å². The van der Waals surface area contributed by atoms with Gasteiger partial charge in [-0.05, 0) is 12.1 Å². The van der Waals surface area contributed by atoms with Crippen molar-refractivity contribution in [3.8, 4) is 0 Å². The number of rotatable bonds is 1. The van der Waals surface area contributed by atoms with Gasteiger partial charge in [0.05, 0.1) is 20.3 Å². The lowest BCUT2D eigenvalue weighted by molar-refractivity contribution is -0.116. The summed E-state index contributed by atoms with van der Waals surface area (Å²) < 4.78 is 3.38. The fourth-order valence-corrected chi connectivity index (χ4v) is 3.70. The van der Waals surface area contributed by atoms with Crippen molar-refractivity contribution in [1.29, 1.82) is 0 Å². The summed E-state index contributed by atoms with van der Waals surface area (Å²) in [4.78, 5) is 27.0. The van der Waals surface area contributed by atoms with Crippen molar-refractivity contribution in [2.75, 3.05) is 5.75 Å². The number of amides is 2. The van der Waals surface area contributed by atoms with Crippen LogP contribution >= 0.6 is 34.7 Å². The molecule has 3 heterocycles. The Bertz CT molecular complexity index is 732. The van der Waals surface area contributed by atoms with Crippen molar-refractivity contribution in [3.05, 3.63) is 22.2 Å². The van der Waals surface area contributed by atoms with Crippen LogP contribution < -0.4 is 5.32 Å². The van der Waals surface area contributed by atoms with Crippen LogP contribution in [-0.2, 0) is 11.8 Å². The quantitative estimate of drug-likeness (QED) is 0.878. The number of aryl methyl sites for hydroxylation is 1. The summed E-state index contributed by atoms with van der Waals surface area (Å²) in [5.41, 5.74) is 1.38. The maximum Gasteiger partial charge on any atom is 0.296 e. The first kappa shape index (κ1) is 12.7. The molecule has 0 bridgehead atoms. The predicted octanol–water partition coefficient (Wildman–Crippen LogP) is 2.25. The summed E-state index contributed by atoms with van der Waals surface area (Å²) in [5, 5.41) is 2.89. The highest BCUT2D eigenvalue weighted by molar-refractivity contribution is 8.15. The van der Waals surface area contributed by atoms with E-state index in [2.05, 4.69) is 10.3 Å². The molecule has 2 amide bonds. The molecule has 0 unspecified atom stereocenters. The van der Waals surface area contributed by atoms with Gasteiger partial charge in [0.15, 0.2) is 5.17 Å². The van der Waals surface area contributed by atoms with Crippen molar-refractivity contribution in [3.63, 3.8) is 0 Å². The maximum absolute atomic E-state index is 12.1. The third-order valence-corrected chi connectivity index (χ3v) is 4.78. The second kappa shape index (κ2) is 4.66. The summed E-state index contributed by atoms with van der Waals surface area (Å²) in [6.07, 6.45) is 0. The molecule has 1 aliphatic heterocycles. The Morgan fingerprint density at radius 3 is 2.95 bits per heavy atom. The topological polar surface area (TPSA) is 63.5 Å². The van der Waals surface area contributed by atoms with Crippen molar-refractivity contribution in [2.45, 2.75) is 0 Å². The molecule has 8 heteroatoms. The molecule has 0 aromatic carbocycles. The van der Waals surface area contributed by atoms with Crippen LogP contribution in [-0.4, -0.2) is 27.3 Å². The van der Waals surface area contributed by atoms with Crippen LogP contribution in [0, 0.1) is 0 Å². The normalized spacial score (nSPS) is 17.4. The fourth-order valence-electron chi connectivity index (χ4n) is 1.82. The Morgan fingerprint density at radius 2 is 2.32 bits per heavy atom. The molecular weight excluding hydrogens is 306 g/mol. The highest BCUT2D eigenvalue weighted by Crippen LogP contribution is 2.31. The van der Waals surface area contributed by atoms with Gasteiger partial charge in [0, 0.05) is 7.05 Å². The predicted molar refractivity (Wildman–Crippen MR) is 78.2 cm³/mol. The highest BCUT2D eigenvalue weighted by atomic mass is 35.5. The Hall–Kier alpha value is -1.31. The highest BCUT2D eigenvalue weighted by Gasteiger charge is 2.20. The first-order valence-corrected chi connectivity index (χ1v) is 7.53. The number of aliphatic imine (C=N–C) groups is 1. The average Bonchev–Trinajstić information content (AvgIpc) is 2.97. The average molecular weight is 314 g/mol. The molecule has 1 N–H and O–H groups in total. The summed E-state index contributed by atoms with van der Waals surface area (Å²) in [6.45, 7) is 0. The van der Waals surface area contributed by atoms with Crippen molar-refractivity contribution in [1.82, 2.24) is 9.88 Å². The largest absolute Gasteiger partial charge is 0.339 e. The molecule has 2 aromatic rings. The number of fused-ring (bicyclic) bond motifs is 1. The van der Waals surface area contributed by atoms with Gasteiger partial charge in [0.1, 0.15) is 5.69 Å². The maximum atomic E-state index is 12.1. The Labute approximate surface area is 121 Å². The molecule has 0 spiro atoms. The third-order valence-electron chi connectivity index (χ3n) is 2.71. The van der Waals surface area contributed by atoms with E-state index < -0.39 is 0 Å². The zero-order valence-electron chi connectivity index (χ0n) is 9.77. The number of aromatic nitrogens is 1. The van der Waals surface area contributed by atoms with E-state index in [0.717, 1.165) is 10.2 Å². The lowest BCUT2D eigenvalue weighted by Crippen LogP contribution is -2.21. The lowest BCUT2D eigenvalue weighted by Gasteiger charge is -1.99. The molecule has 0 aliphatic carbocycles. The molecule has 19 heavy (non-hydrogen) atoms. The van der Waals surface area contributed by atoms with Crippen LogP contribution in [0.2, 0.25) is 4.34 Å². The SMILES string of the molecule is Cn1c(C(=O)N=C2NC(=O)CS2)cc2sc(Cl)cc21. The Kier molecular flexibility index (Phi) is 3.12. The van der Waals surface area contributed by atoms with Crippen LogP contribution in [0.4, 0.5) is 0 Å². The van der Waals surface area contributed by atoms with Crippen LogP contribution in [0.15, 0.2) is 17.1 Å². The summed E-state index contributed by atoms with van der Waals surface area (Å²) in [7, 11) is 1.79. The van der Waals surface area contributed by atoms with Crippen LogP contribution in [0.3, 0.4) is 0 Å². The van der Waals surface area contributed by atoms with Gasteiger partial charge in [0.25, 0.3) is 5.91 Å². The number of thioether (sulfide) groups is 1. The zero-order chi connectivity index (χ0) is 13.6. The number of nitrogens with zero attached hydrogens (tertiary/aromatic N) is 2. The lowest BCUT2D eigenvalue weighted by atomic mass is 10.4. The summed E-state index contributed by atoms with van der Waals surface area (Å²) in [6, 6.07) is 3.58. The molecule has 0 saturated carbocycles. The van der Waals surface area contributed by atoms with Crippen molar-refractivity contribution >= 4 is 61.9 Å². The van der Waals surface area contributed by atoms with Crippen LogP contribution in [0.1, 0.15) is 10.5 Å². The molecule has 0 atom stereocenters. The van der Waals surface area contributed by atoms with E-state index in [-0.39, 0.29) is 11.8 Å². The summed E-state index contributed by atoms with van der Waals surface area (Å²) in [5.74, 6) is -0.188. The van der Waals surface area contributed by atoms with Crippen molar-refractivity contribution < 1.29 is 9.59 Å². The molecule has 1 fully saturated rings. The van der Waals surface area contributed by atoms with E-state index in [0.29, 0.717) is 21.0 Å². The molecule has 1 saturated heterocycles. The van der Waals surface area contributed by atoms with Gasteiger partial charge in [-0.3, -0.25) is 9.59 Å². The Balaban J connectivity index is 1.95. The molecule has 98 valence electrons. The number of thiophene rings is 1. The minimum Gasteiger partial charge on any atom is -0.339 e. The molecular formula is C11H8ClN3O2S2. The number of carbonyl (C=O) groups excluding carboxylic acids is 2. The van der Waals surface area contributed by atoms with Crippen LogP contribution in [0.5, 0.6) is 0 Å². The van der Waals surface area contributed by atoms with E-state index in [9.17, 15) is 9.59 Å². The second-order valence-corrected chi connectivity index (χ2v) is 6.63.